The van der Waals surface area contributed by atoms with Gasteiger partial charge in [0.25, 0.3) is 0 Å². The molecule has 0 radical (unpaired) electrons. The van der Waals surface area contributed by atoms with E-state index < -0.39 is 12.2 Å². The van der Waals surface area contributed by atoms with Crippen molar-refractivity contribution in [2.45, 2.75) is 25.6 Å². The van der Waals surface area contributed by atoms with Gasteiger partial charge in [0.2, 0.25) is 0 Å². The highest BCUT2D eigenvalue weighted by Gasteiger charge is 2.32. The summed E-state index contributed by atoms with van der Waals surface area (Å²) in [6.07, 6.45) is -0.520. The Morgan fingerprint density at radius 3 is 2.93 bits per heavy atom. The third-order valence-corrected chi connectivity index (χ3v) is 2.43. The van der Waals surface area contributed by atoms with Gasteiger partial charge in [-0.25, -0.2) is 0 Å². The molecule has 3 nitrogen and oxygen atoms in total. The zero-order chi connectivity index (χ0) is 10.1. The van der Waals surface area contributed by atoms with Crippen molar-refractivity contribution in [2.75, 3.05) is 0 Å². The Labute approximate surface area is 82.3 Å². The minimum Gasteiger partial charge on any atom is -0.455 e. The van der Waals surface area contributed by atoms with Gasteiger partial charge in [-0.1, -0.05) is 24.3 Å². The Hall–Kier alpha value is -1.35. The van der Waals surface area contributed by atoms with Crippen molar-refractivity contribution in [3.05, 3.63) is 35.4 Å². The third kappa shape index (κ3) is 1.51. The molecule has 2 atom stereocenters. The molecular formula is C11H12O3. The summed E-state index contributed by atoms with van der Waals surface area (Å²) in [5.41, 5.74) is 1.99. The van der Waals surface area contributed by atoms with E-state index in [1.165, 1.54) is 6.92 Å². The van der Waals surface area contributed by atoms with E-state index in [1.807, 2.05) is 24.3 Å². The van der Waals surface area contributed by atoms with Crippen LogP contribution in [0.3, 0.4) is 0 Å². The van der Waals surface area contributed by atoms with Crippen molar-refractivity contribution >= 4 is 5.97 Å². The second-order valence-electron chi connectivity index (χ2n) is 3.50. The quantitative estimate of drug-likeness (QED) is 0.680. The first-order valence-corrected chi connectivity index (χ1v) is 4.61. The molecule has 2 unspecified atom stereocenters. The molecule has 74 valence electrons. The van der Waals surface area contributed by atoms with Crippen LogP contribution >= 0.6 is 0 Å². The fourth-order valence-electron chi connectivity index (χ4n) is 1.86. The molecule has 1 N–H and O–H groups in total. The Morgan fingerprint density at radius 2 is 2.21 bits per heavy atom. The molecule has 1 aromatic carbocycles. The summed E-state index contributed by atoms with van der Waals surface area (Å²) in [4.78, 5) is 10.8. The number of hydrogen-bond donors (Lipinski definition) is 1. The predicted octanol–water partition coefficient (Wildman–Crippen LogP) is 1.21. The number of esters is 1. The molecule has 0 fully saturated rings. The predicted molar refractivity (Wildman–Crippen MR) is 50.7 cm³/mol. The van der Waals surface area contributed by atoms with Gasteiger partial charge in [-0.2, -0.15) is 0 Å². The molecule has 1 aliphatic carbocycles. The van der Waals surface area contributed by atoms with E-state index >= 15 is 0 Å². The minimum atomic E-state index is -0.601. The lowest BCUT2D eigenvalue weighted by Gasteiger charge is -2.15. The molecule has 0 saturated heterocycles. The SMILES string of the molecule is CC(=O)OC1c2ccccc2CC1O. The number of rotatable bonds is 1. The number of ether oxygens (including phenoxy) is 1. The molecule has 2 rings (SSSR count). The number of carbonyl (C=O) groups excluding carboxylic acids is 1. The molecule has 0 amide bonds. The normalized spacial score (nSPS) is 24.4. The van der Waals surface area contributed by atoms with Crippen LogP contribution in [0, 0.1) is 0 Å². The lowest BCUT2D eigenvalue weighted by Crippen LogP contribution is -2.18. The van der Waals surface area contributed by atoms with Crippen LogP contribution in [-0.2, 0) is 16.0 Å². The minimum absolute atomic E-state index is 0.356. The second kappa shape index (κ2) is 3.42. The van der Waals surface area contributed by atoms with Gasteiger partial charge in [-0.05, 0) is 11.1 Å². The molecule has 0 aromatic heterocycles. The van der Waals surface area contributed by atoms with Crippen LogP contribution in [-0.4, -0.2) is 17.2 Å². The summed E-state index contributed by atoms with van der Waals surface area (Å²) < 4.78 is 5.06. The molecule has 0 aliphatic heterocycles. The topological polar surface area (TPSA) is 46.5 Å². The first-order chi connectivity index (χ1) is 6.68. The van der Waals surface area contributed by atoms with E-state index in [4.69, 9.17) is 4.74 Å². The molecule has 14 heavy (non-hydrogen) atoms. The van der Waals surface area contributed by atoms with E-state index in [1.54, 1.807) is 0 Å². The smallest absolute Gasteiger partial charge is 0.303 e. The van der Waals surface area contributed by atoms with Crippen molar-refractivity contribution in [1.29, 1.82) is 0 Å². The van der Waals surface area contributed by atoms with Crippen LogP contribution < -0.4 is 0 Å². The highest BCUT2D eigenvalue weighted by molar-refractivity contribution is 5.66. The summed E-state index contributed by atoms with van der Waals surface area (Å²) in [6, 6.07) is 7.64. The number of hydrogen-bond acceptors (Lipinski definition) is 3. The van der Waals surface area contributed by atoms with E-state index in [-0.39, 0.29) is 5.97 Å². The van der Waals surface area contributed by atoms with Gasteiger partial charge >= 0.3 is 5.97 Å². The zero-order valence-corrected chi connectivity index (χ0v) is 7.93. The van der Waals surface area contributed by atoms with Gasteiger partial charge in [0.05, 0.1) is 6.10 Å². The number of benzene rings is 1. The molecule has 0 saturated carbocycles. The van der Waals surface area contributed by atoms with Gasteiger partial charge < -0.3 is 9.84 Å². The van der Waals surface area contributed by atoms with Crippen LogP contribution in [0.4, 0.5) is 0 Å². The van der Waals surface area contributed by atoms with Gasteiger partial charge in [0, 0.05) is 13.3 Å². The Kier molecular flexibility index (Phi) is 2.25. The van der Waals surface area contributed by atoms with Crippen LogP contribution in [0.1, 0.15) is 24.2 Å². The van der Waals surface area contributed by atoms with Gasteiger partial charge in [0.1, 0.15) is 0 Å². The van der Waals surface area contributed by atoms with Gasteiger partial charge in [-0.3, -0.25) is 4.79 Å². The number of fused-ring (bicyclic) bond motifs is 1. The molecule has 0 bridgehead atoms. The maximum atomic E-state index is 10.8. The lowest BCUT2D eigenvalue weighted by atomic mass is 10.1. The standard InChI is InChI=1S/C11H12O3/c1-7(12)14-11-9-5-3-2-4-8(9)6-10(11)13/h2-5,10-11,13H,6H2,1H3. The van der Waals surface area contributed by atoms with Crippen molar-refractivity contribution in [3.63, 3.8) is 0 Å². The number of carbonyl (C=O) groups is 1. The van der Waals surface area contributed by atoms with E-state index in [2.05, 4.69) is 0 Å². The Balaban J connectivity index is 2.30. The fourth-order valence-corrected chi connectivity index (χ4v) is 1.86. The summed E-state index contributed by atoms with van der Waals surface area (Å²) in [5, 5.41) is 9.68. The third-order valence-electron chi connectivity index (χ3n) is 2.43. The number of aliphatic hydroxyl groups is 1. The molecule has 0 spiro atoms. The monoisotopic (exact) mass is 192 g/mol. The maximum Gasteiger partial charge on any atom is 0.303 e. The zero-order valence-electron chi connectivity index (χ0n) is 7.93. The highest BCUT2D eigenvalue weighted by atomic mass is 16.6. The van der Waals surface area contributed by atoms with Crippen LogP contribution in [0.15, 0.2) is 24.3 Å². The van der Waals surface area contributed by atoms with Crippen molar-refractivity contribution < 1.29 is 14.6 Å². The summed E-state index contributed by atoms with van der Waals surface area (Å²) >= 11 is 0. The summed E-state index contributed by atoms with van der Waals surface area (Å²) in [5.74, 6) is -0.356. The van der Waals surface area contributed by atoms with Gasteiger partial charge in [0.15, 0.2) is 6.10 Å². The molecule has 0 heterocycles. The Morgan fingerprint density at radius 1 is 1.50 bits per heavy atom. The van der Waals surface area contributed by atoms with E-state index in [0.29, 0.717) is 6.42 Å². The van der Waals surface area contributed by atoms with Crippen molar-refractivity contribution in [2.24, 2.45) is 0 Å². The van der Waals surface area contributed by atoms with E-state index in [9.17, 15) is 9.90 Å². The van der Waals surface area contributed by atoms with Crippen LogP contribution in [0.2, 0.25) is 0 Å². The first-order valence-electron chi connectivity index (χ1n) is 4.61. The second-order valence-corrected chi connectivity index (χ2v) is 3.50. The average molecular weight is 192 g/mol. The highest BCUT2D eigenvalue weighted by Crippen LogP contribution is 2.33. The lowest BCUT2D eigenvalue weighted by molar-refractivity contribution is -0.151. The molecule has 1 aliphatic rings. The average Bonchev–Trinajstić information content (AvgIpc) is 2.43. The number of aliphatic hydroxyl groups excluding tert-OH is 1. The molecule has 3 heteroatoms. The van der Waals surface area contributed by atoms with Crippen LogP contribution in [0.5, 0.6) is 0 Å². The Bertz CT molecular complexity index is 359. The van der Waals surface area contributed by atoms with Crippen molar-refractivity contribution in [3.8, 4) is 0 Å². The summed E-state index contributed by atoms with van der Waals surface area (Å²) in [6.45, 7) is 1.35. The first kappa shape index (κ1) is 9.21. The fraction of sp³-hybridized carbons (Fsp3) is 0.364. The summed E-state index contributed by atoms with van der Waals surface area (Å²) in [7, 11) is 0. The maximum absolute atomic E-state index is 10.8. The van der Waals surface area contributed by atoms with E-state index in [0.717, 1.165) is 11.1 Å². The largest absolute Gasteiger partial charge is 0.455 e. The van der Waals surface area contributed by atoms with Crippen molar-refractivity contribution in [1.82, 2.24) is 0 Å². The van der Waals surface area contributed by atoms with Gasteiger partial charge in [-0.15, -0.1) is 0 Å². The molecule has 1 aromatic rings. The molecular weight excluding hydrogens is 180 g/mol. The van der Waals surface area contributed by atoms with Crippen LogP contribution in [0.25, 0.3) is 0 Å².